The van der Waals surface area contributed by atoms with Gasteiger partial charge in [-0.25, -0.2) is 15.0 Å². The van der Waals surface area contributed by atoms with Gasteiger partial charge in [-0.2, -0.15) is 0 Å². The van der Waals surface area contributed by atoms with Gasteiger partial charge in [0.05, 0.1) is 17.8 Å². The van der Waals surface area contributed by atoms with E-state index in [4.69, 9.17) is 9.97 Å². The van der Waals surface area contributed by atoms with Gasteiger partial charge in [-0.15, -0.1) is 0 Å². The van der Waals surface area contributed by atoms with E-state index >= 15 is 0 Å². The molecule has 30 heavy (non-hydrogen) atoms. The molecule has 5 heterocycles. The van der Waals surface area contributed by atoms with Crippen molar-refractivity contribution in [2.24, 2.45) is 0 Å². The van der Waals surface area contributed by atoms with Crippen LogP contribution in [0.1, 0.15) is 36.3 Å². The Morgan fingerprint density at radius 2 is 2.00 bits per heavy atom. The highest BCUT2D eigenvalue weighted by atomic mass is 16.3. The van der Waals surface area contributed by atoms with Gasteiger partial charge in [-0.3, -0.25) is 4.98 Å². The number of pyridine rings is 2. The van der Waals surface area contributed by atoms with Crippen molar-refractivity contribution in [1.82, 2.24) is 19.9 Å². The minimum atomic E-state index is -0.242. The van der Waals surface area contributed by atoms with Crippen LogP contribution in [0.2, 0.25) is 0 Å². The molecule has 7 heteroatoms. The molecule has 0 bridgehead atoms. The maximum Gasteiger partial charge on any atom is 0.178 e. The molecule has 154 valence electrons. The smallest absolute Gasteiger partial charge is 0.178 e. The lowest BCUT2D eigenvalue weighted by atomic mass is 9.99. The van der Waals surface area contributed by atoms with Crippen molar-refractivity contribution >= 4 is 11.5 Å². The highest BCUT2D eigenvalue weighted by Crippen LogP contribution is 2.34. The Morgan fingerprint density at radius 3 is 2.77 bits per heavy atom. The first kappa shape index (κ1) is 18.9. The maximum absolute atomic E-state index is 9.92. The number of β-amino-alcohol motifs (C(OH)–C–C–N with tert-alkyl or cyclic N) is 1. The van der Waals surface area contributed by atoms with Crippen LogP contribution in [0.4, 0.5) is 11.5 Å². The third-order valence-corrected chi connectivity index (χ3v) is 6.05. The van der Waals surface area contributed by atoms with E-state index in [0.717, 1.165) is 60.1 Å². The standard InChI is InChI=1S/C23H26N6O/c1-15-11-17(28-9-6-18(30)14-28)12-22(26-15)29-10-7-20-19(16(29)2)13-25-23(27-20)21-5-3-4-8-24-21/h3-5,8,11-13,16,18,30H,6-7,9-10,14H2,1-2H3. The Balaban J connectivity index is 1.44. The van der Waals surface area contributed by atoms with Gasteiger partial charge in [0.1, 0.15) is 11.5 Å². The van der Waals surface area contributed by atoms with Gasteiger partial charge in [0.15, 0.2) is 5.82 Å². The molecule has 1 fully saturated rings. The number of aryl methyl sites for hydroxylation is 1. The highest BCUT2D eigenvalue weighted by Gasteiger charge is 2.28. The second-order valence-electron chi connectivity index (χ2n) is 8.14. The monoisotopic (exact) mass is 402 g/mol. The zero-order chi connectivity index (χ0) is 20.7. The first-order valence-electron chi connectivity index (χ1n) is 10.5. The van der Waals surface area contributed by atoms with Gasteiger partial charge in [0, 0.05) is 61.5 Å². The number of hydrogen-bond acceptors (Lipinski definition) is 7. The lowest BCUT2D eigenvalue weighted by Gasteiger charge is -2.36. The molecule has 0 radical (unpaired) electrons. The summed E-state index contributed by atoms with van der Waals surface area (Å²) in [6.07, 6.45) is 5.13. The molecule has 1 saturated heterocycles. The van der Waals surface area contributed by atoms with Crippen molar-refractivity contribution in [3.05, 3.63) is 59.7 Å². The molecule has 3 aromatic heterocycles. The molecular weight excluding hydrogens is 376 g/mol. The highest BCUT2D eigenvalue weighted by molar-refractivity contribution is 5.59. The molecule has 2 aliphatic rings. The van der Waals surface area contributed by atoms with E-state index < -0.39 is 0 Å². The van der Waals surface area contributed by atoms with Crippen LogP contribution in [0.3, 0.4) is 0 Å². The fourth-order valence-corrected chi connectivity index (χ4v) is 4.43. The van der Waals surface area contributed by atoms with Crippen LogP contribution in [0.25, 0.3) is 11.5 Å². The second-order valence-corrected chi connectivity index (χ2v) is 8.14. The number of fused-ring (bicyclic) bond motifs is 1. The quantitative estimate of drug-likeness (QED) is 0.722. The predicted octanol–water partition coefficient (Wildman–Crippen LogP) is 2.94. The summed E-state index contributed by atoms with van der Waals surface area (Å²) in [7, 11) is 0. The number of aliphatic hydroxyl groups excluding tert-OH is 1. The molecule has 0 amide bonds. The van der Waals surface area contributed by atoms with Crippen LogP contribution in [0, 0.1) is 6.92 Å². The number of anilines is 2. The minimum absolute atomic E-state index is 0.137. The molecule has 7 nitrogen and oxygen atoms in total. The molecule has 2 unspecified atom stereocenters. The number of aliphatic hydroxyl groups is 1. The summed E-state index contributed by atoms with van der Waals surface area (Å²) in [6, 6.07) is 10.2. The van der Waals surface area contributed by atoms with Crippen molar-refractivity contribution in [1.29, 1.82) is 0 Å². The van der Waals surface area contributed by atoms with Gasteiger partial charge in [-0.1, -0.05) is 6.07 Å². The molecule has 2 aliphatic heterocycles. The van der Waals surface area contributed by atoms with Gasteiger partial charge >= 0.3 is 0 Å². The summed E-state index contributed by atoms with van der Waals surface area (Å²) in [6.45, 7) is 6.64. The van der Waals surface area contributed by atoms with E-state index in [9.17, 15) is 5.11 Å². The van der Waals surface area contributed by atoms with Crippen molar-refractivity contribution < 1.29 is 5.11 Å². The Labute approximate surface area is 176 Å². The lowest BCUT2D eigenvalue weighted by molar-refractivity contribution is 0.198. The van der Waals surface area contributed by atoms with Crippen molar-refractivity contribution in [2.75, 3.05) is 29.4 Å². The van der Waals surface area contributed by atoms with E-state index in [1.54, 1.807) is 6.20 Å². The molecule has 0 saturated carbocycles. The lowest BCUT2D eigenvalue weighted by Crippen LogP contribution is -2.35. The molecule has 1 N–H and O–H groups in total. The number of nitrogens with zero attached hydrogens (tertiary/aromatic N) is 6. The van der Waals surface area contributed by atoms with Crippen LogP contribution in [0.5, 0.6) is 0 Å². The maximum atomic E-state index is 9.92. The fraction of sp³-hybridized carbons (Fsp3) is 0.391. The zero-order valence-electron chi connectivity index (χ0n) is 17.4. The third-order valence-electron chi connectivity index (χ3n) is 6.05. The summed E-state index contributed by atoms with van der Waals surface area (Å²) in [4.78, 5) is 23.2. The molecule has 0 spiro atoms. The van der Waals surface area contributed by atoms with E-state index in [1.165, 1.54) is 0 Å². The van der Waals surface area contributed by atoms with Gasteiger partial charge < -0.3 is 14.9 Å². The van der Waals surface area contributed by atoms with Gasteiger partial charge in [0.25, 0.3) is 0 Å². The fourth-order valence-electron chi connectivity index (χ4n) is 4.43. The largest absolute Gasteiger partial charge is 0.391 e. The van der Waals surface area contributed by atoms with E-state index in [0.29, 0.717) is 12.4 Å². The van der Waals surface area contributed by atoms with Crippen LogP contribution < -0.4 is 9.80 Å². The van der Waals surface area contributed by atoms with Crippen molar-refractivity contribution in [3.63, 3.8) is 0 Å². The van der Waals surface area contributed by atoms with Crippen LogP contribution in [-0.2, 0) is 6.42 Å². The molecule has 0 aromatic carbocycles. The average Bonchev–Trinajstić information content (AvgIpc) is 3.20. The molecular formula is C23H26N6O. The Kier molecular flexibility index (Phi) is 4.83. The normalized spacial score (nSPS) is 21.0. The van der Waals surface area contributed by atoms with Gasteiger partial charge in [-0.05, 0) is 38.5 Å². The van der Waals surface area contributed by atoms with Crippen LogP contribution in [0.15, 0.2) is 42.7 Å². The number of aromatic nitrogens is 4. The van der Waals surface area contributed by atoms with Crippen molar-refractivity contribution in [2.45, 2.75) is 38.8 Å². The molecule has 2 atom stereocenters. The zero-order valence-corrected chi connectivity index (χ0v) is 17.4. The molecule has 0 aliphatic carbocycles. The second kappa shape index (κ2) is 7.65. The van der Waals surface area contributed by atoms with Gasteiger partial charge in [0.2, 0.25) is 0 Å². The van der Waals surface area contributed by atoms with E-state index in [-0.39, 0.29) is 12.1 Å². The minimum Gasteiger partial charge on any atom is -0.391 e. The Bertz CT molecular complexity index is 1060. The molecule has 3 aromatic rings. The summed E-state index contributed by atoms with van der Waals surface area (Å²) in [5, 5.41) is 9.92. The van der Waals surface area contributed by atoms with Crippen LogP contribution >= 0.6 is 0 Å². The molecule has 5 rings (SSSR count). The SMILES string of the molecule is Cc1cc(N2CCC(O)C2)cc(N2CCc3nc(-c4ccccn4)ncc3C2C)n1. The average molecular weight is 403 g/mol. The Hall–Kier alpha value is -3.06. The van der Waals surface area contributed by atoms with E-state index in [1.807, 2.05) is 31.3 Å². The first-order valence-corrected chi connectivity index (χ1v) is 10.5. The third kappa shape index (κ3) is 3.50. The predicted molar refractivity (Wildman–Crippen MR) is 117 cm³/mol. The summed E-state index contributed by atoms with van der Waals surface area (Å²) < 4.78 is 0. The summed E-state index contributed by atoms with van der Waals surface area (Å²) >= 11 is 0. The summed E-state index contributed by atoms with van der Waals surface area (Å²) in [5.41, 5.74) is 5.15. The Morgan fingerprint density at radius 1 is 1.10 bits per heavy atom. The van der Waals surface area contributed by atoms with E-state index in [2.05, 4.69) is 38.8 Å². The first-order chi connectivity index (χ1) is 14.6. The van der Waals surface area contributed by atoms with Crippen molar-refractivity contribution in [3.8, 4) is 11.5 Å². The number of rotatable bonds is 3. The number of hydrogen-bond donors (Lipinski definition) is 1. The topological polar surface area (TPSA) is 78.3 Å². The van der Waals surface area contributed by atoms with Crippen LogP contribution in [-0.4, -0.2) is 50.8 Å². The summed E-state index contributed by atoms with van der Waals surface area (Å²) in [5.74, 6) is 1.65.